The molecule has 2 heterocycles. The lowest BCUT2D eigenvalue weighted by molar-refractivity contribution is -0.130. The number of halogens is 2. The van der Waals surface area contributed by atoms with E-state index in [0.717, 1.165) is 0 Å². The molecule has 0 amide bonds. The van der Waals surface area contributed by atoms with Crippen LogP contribution in [-0.4, -0.2) is 24.9 Å². The molecular formula is C22H13ClINO6. The molecule has 0 aliphatic carbocycles. The third-order valence-corrected chi connectivity index (χ3v) is 5.24. The lowest BCUT2D eigenvalue weighted by Gasteiger charge is -2.12. The quantitative estimate of drug-likeness (QED) is 0.190. The molecule has 0 atom stereocenters. The third-order valence-electron chi connectivity index (χ3n) is 4.18. The number of cyclic esters (lactones) is 1. The summed E-state index contributed by atoms with van der Waals surface area (Å²) in [5.74, 6) is -0.115. The van der Waals surface area contributed by atoms with E-state index in [2.05, 4.69) is 4.99 Å². The number of furan rings is 1. The number of carbonyl (C=O) groups excluding carboxylic acids is 2. The molecule has 1 aliphatic rings. The van der Waals surface area contributed by atoms with Crippen molar-refractivity contribution >= 4 is 58.1 Å². The summed E-state index contributed by atoms with van der Waals surface area (Å²) in [6, 6.07) is 13.0. The molecule has 9 heteroatoms. The van der Waals surface area contributed by atoms with Crippen LogP contribution in [0.2, 0.25) is 5.02 Å². The Labute approximate surface area is 195 Å². The van der Waals surface area contributed by atoms with Crippen molar-refractivity contribution in [3.05, 3.63) is 86.0 Å². The first-order chi connectivity index (χ1) is 14.9. The molecule has 0 fully saturated rings. The molecule has 3 aromatic rings. The molecule has 2 aromatic carbocycles. The normalized spacial score (nSPS) is 14.4. The summed E-state index contributed by atoms with van der Waals surface area (Å²) in [7, 11) is 1.46. The number of hydrogen-bond acceptors (Lipinski definition) is 7. The second-order valence-electron chi connectivity index (χ2n) is 6.24. The highest BCUT2D eigenvalue weighted by Crippen LogP contribution is 2.35. The number of carbonyl (C=O) groups is 2. The van der Waals surface area contributed by atoms with Crippen molar-refractivity contribution < 1.29 is 28.2 Å². The summed E-state index contributed by atoms with van der Waals surface area (Å²) in [6.07, 6.45) is 3.01. The van der Waals surface area contributed by atoms with Crippen molar-refractivity contribution in [3.63, 3.8) is 0 Å². The SMILES string of the molecule is COc1cc(/C=C2\N=C(c3ccco3)OC2=O)cc(I)c1OC(=O)c1ccc(Cl)cc1. The fourth-order valence-corrected chi connectivity index (χ4v) is 3.59. The maximum absolute atomic E-state index is 12.5. The van der Waals surface area contributed by atoms with E-state index in [9.17, 15) is 9.59 Å². The van der Waals surface area contributed by atoms with E-state index in [1.165, 1.54) is 13.4 Å². The monoisotopic (exact) mass is 549 g/mol. The molecule has 0 spiro atoms. The van der Waals surface area contributed by atoms with Crippen molar-refractivity contribution in [2.75, 3.05) is 7.11 Å². The Kier molecular flexibility index (Phi) is 6.10. The second-order valence-corrected chi connectivity index (χ2v) is 7.84. The van der Waals surface area contributed by atoms with Crippen LogP contribution >= 0.6 is 34.2 Å². The number of aliphatic imine (C=N–C) groups is 1. The predicted octanol–water partition coefficient (Wildman–Crippen LogP) is 5.11. The van der Waals surface area contributed by atoms with Gasteiger partial charge in [0.2, 0.25) is 0 Å². The molecule has 7 nitrogen and oxygen atoms in total. The number of methoxy groups -OCH3 is 1. The van der Waals surface area contributed by atoms with Crippen LogP contribution in [0.3, 0.4) is 0 Å². The van der Waals surface area contributed by atoms with Gasteiger partial charge in [-0.05, 0) is 82.8 Å². The highest BCUT2D eigenvalue weighted by molar-refractivity contribution is 14.1. The summed E-state index contributed by atoms with van der Waals surface area (Å²) in [5, 5.41) is 0.518. The van der Waals surface area contributed by atoms with Gasteiger partial charge in [0.1, 0.15) is 0 Å². The van der Waals surface area contributed by atoms with E-state index in [0.29, 0.717) is 31.2 Å². The number of rotatable bonds is 5. The smallest absolute Gasteiger partial charge is 0.363 e. The van der Waals surface area contributed by atoms with Gasteiger partial charge >= 0.3 is 11.9 Å². The largest absolute Gasteiger partial charge is 0.493 e. The molecule has 4 rings (SSSR count). The van der Waals surface area contributed by atoms with Gasteiger partial charge in [0.05, 0.1) is 22.5 Å². The van der Waals surface area contributed by atoms with E-state index in [4.69, 9.17) is 30.2 Å². The van der Waals surface area contributed by atoms with Crippen LogP contribution in [0, 0.1) is 3.57 Å². The van der Waals surface area contributed by atoms with Crippen LogP contribution in [0.15, 0.2) is 69.9 Å². The molecule has 0 bridgehead atoms. The Morgan fingerprint density at radius 1 is 1.19 bits per heavy atom. The van der Waals surface area contributed by atoms with Gasteiger partial charge in [-0.1, -0.05) is 11.6 Å². The van der Waals surface area contributed by atoms with Gasteiger partial charge in [-0.2, -0.15) is 0 Å². The lowest BCUT2D eigenvalue weighted by Crippen LogP contribution is -2.10. The summed E-state index contributed by atoms with van der Waals surface area (Å²) in [4.78, 5) is 28.8. The molecule has 31 heavy (non-hydrogen) atoms. The summed E-state index contributed by atoms with van der Waals surface area (Å²) < 4.78 is 21.9. The van der Waals surface area contributed by atoms with Crippen LogP contribution < -0.4 is 9.47 Å². The Hall–Kier alpha value is -3.11. The molecule has 156 valence electrons. The van der Waals surface area contributed by atoms with E-state index in [1.54, 1.807) is 54.6 Å². The average Bonchev–Trinajstić information content (AvgIpc) is 3.40. The van der Waals surface area contributed by atoms with E-state index in [-0.39, 0.29) is 17.3 Å². The molecule has 1 aliphatic heterocycles. The van der Waals surface area contributed by atoms with Crippen LogP contribution in [0.25, 0.3) is 6.08 Å². The maximum atomic E-state index is 12.5. The van der Waals surface area contributed by atoms with Gasteiger partial charge in [0, 0.05) is 5.02 Å². The number of hydrogen-bond donors (Lipinski definition) is 0. The lowest BCUT2D eigenvalue weighted by atomic mass is 10.1. The van der Waals surface area contributed by atoms with Gasteiger partial charge in [0.25, 0.3) is 5.90 Å². The number of benzene rings is 2. The van der Waals surface area contributed by atoms with Gasteiger partial charge in [-0.3, -0.25) is 0 Å². The first-order valence-corrected chi connectivity index (χ1v) is 10.3. The highest BCUT2D eigenvalue weighted by atomic mass is 127. The van der Waals surface area contributed by atoms with Gasteiger partial charge in [-0.15, -0.1) is 0 Å². The molecule has 0 saturated heterocycles. The fraction of sp³-hybridized carbons (Fsp3) is 0.0455. The van der Waals surface area contributed by atoms with Crippen molar-refractivity contribution in [1.82, 2.24) is 0 Å². The van der Waals surface area contributed by atoms with Crippen LogP contribution in [0.5, 0.6) is 11.5 Å². The Morgan fingerprint density at radius 2 is 1.97 bits per heavy atom. The average molecular weight is 550 g/mol. The Morgan fingerprint density at radius 3 is 2.65 bits per heavy atom. The predicted molar refractivity (Wildman–Crippen MR) is 121 cm³/mol. The maximum Gasteiger partial charge on any atom is 0.363 e. The molecule has 0 unspecified atom stereocenters. The summed E-state index contributed by atoms with van der Waals surface area (Å²) in [5.41, 5.74) is 1.07. The summed E-state index contributed by atoms with van der Waals surface area (Å²) in [6.45, 7) is 0. The van der Waals surface area contributed by atoms with Gasteiger partial charge < -0.3 is 18.6 Å². The molecular weight excluding hydrogens is 537 g/mol. The summed E-state index contributed by atoms with van der Waals surface area (Å²) >= 11 is 7.88. The molecule has 0 N–H and O–H groups in total. The van der Waals surface area contributed by atoms with Gasteiger partial charge in [0.15, 0.2) is 23.0 Å². The molecule has 0 radical (unpaired) electrons. The van der Waals surface area contributed by atoms with Crippen LogP contribution in [-0.2, 0) is 9.53 Å². The van der Waals surface area contributed by atoms with E-state index in [1.807, 2.05) is 22.6 Å². The van der Waals surface area contributed by atoms with E-state index >= 15 is 0 Å². The minimum absolute atomic E-state index is 0.0939. The number of esters is 2. The number of ether oxygens (including phenoxy) is 3. The minimum atomic E-state index is -0.599. The van der Waals surface area contributed by atoms with E-state index < -0.39 is 11.9 Å². The van der Waals surface area contributed by atoms with Crippen LogP contribution in [0.1, 0.15) is 21.7 Å². The van der Waals surface area contributed by atoms with Crippen molar-refractivity contribution in [3.8, 4) is 11.5 Å². The number of nitrogens with zero attached hydrogens (tertiary/aromatic N) is 1. The second kappa shape index (κ2) is 8.94. The fourth-order valence-electron chi connectivity index (χ4n) is 2.73. The first-order valence-electron chi connectivity index (χ1n) is 8.86. The zero-order valence-electron chi connectivity index (χ0n) is 15.9. The first kappa shape index (κ1) is 21.1. The Bertz CT molecular complexity index is 1220. The topological polar surface area (TPSA) is 87.3 Å². The van der Waals surface area contributed by atoms with Crippen LogP contribution in [0.4, 0.5) is 0 Å². The highest BCUT2D eigenvalue weighted by Gasteiger charge is 2.26. The Balaban J connectivity index is 1.62. The van der Waals surface area contributed by atoms with Crippen molar-refractivity contribution in [2.45, 2.75) is 0 Å². The zero-order chi connectivity index (χ0) is 22.0. The van der Waals surface area contributed by atoms with Crippen molar-refractivity contribution in [1.29, 1.82) is 0 Å². The minimum Gasteiger partial charge on any atom is -0.493 e. The molecule has 1 aromatic heterocycles. The van der Waals surface area contributed by atoms with Gasteiger partial charge in [-0.25, -0.2) is 14.6 Å². The molecule has 0 saturated carbocycles. The third kappa shape index (κ3) is 4.64. The van der Waals surface area contributed by atoms with Crippen molar-refractivity contribution in [2.24, 2.45) is 4.99 Å². The zero-order valence-corrected chi connectivity index (χ0v) is 18.8. The standard InChI is InChI=1S/C22H13ClINO6/c1-28-18-11-12(10-16-22(27)31-20(25-16)17-3-2-8-29-17)9-15(24)19(18)30-21(26)13-4-6-14(23)7-5-13/h2-11H,1H3/b16-10-.